The number of fused-ring (bicyclic) bond motifs is 1. The largest absolute Gasteiger partial charge is 0.480 e. The lowest BCUT2D eigenvalue weighted by Crippen LogP contribution is -2.52. The quantitative estimate of drug-likeness (QED) is 0.937. The summed E-state index contributed by atoms with van der Waals surface area (Å²) < 4.78 is 0. The molecule has 1 aliphatic rings. The summed E-state index contributed by atoms with van der Waals surface area (Å²) in [5.41, 5.74) is -0.420. The first-order valence-corrected chi connectivity index (χ1v) is 7.46. The average Bonchev–Trinajstić information content (AvgIpc) is 2.54. The second-order valence-corrected chi connectivity index (χ2v) is 5.74. The number of likely N-dealkylation sites (tertiary alicyclic amines) is 1. The van der Waals surface area contributed by atoms with Crippen LogP contribution in [0.2, 0.25) is 0 Å². The SMILES string of the molecule is [CH2]C(C(=O)O)(c1cccc2ccccc12)N1CCCCC1. The van der Waals surface area contributed by atoms with Crippen molar-refractivity contribution in [1.82, 2.24) is 4.90 Å². The van der Waals surface area contributed by atoms with Gasteiger partial charge in [-0.25, -0.2) is 4.79 Å². The monoisotopic (exact) mass is 282 g/mol. The van der Waals surface area contributed by atoms with Crippen LogP contribution in [0.3, 0.4) is 0 Å². The van der Waals surface area contributed by atoms with Gasteiger partial charge in [0.15, 0.2) is 0 Å². The summed E-state index contributed by atoms with van der Waals surface area (Å²) in [6, 6.07) is 13.7. The van der Waals surface area contributed by atoms with Gasteiger partial charge >= 0.3 is 5.97 Å². The van der Waals surface area contributed by atoms with Crippen molar-refractivity contribution in [3.8, 4) is 0 Å². The summed E-state index contributed by atoms with van der Waals surface area (Å²) in [4.78, 5) is 14.1. The Bertz CT molecular complexity index is 656. The van der Waals surface area contributed by atoms with Crippen LogP contribution in [0.25, 0.3) is 10.8 Å². The van der Waals surface area contributed by atoms with E-state index >= 15 is 0 Å². The molecule has 0 aliphatic carbocycles. The number of hydrogen-bond donors (Lipinski definition) is 1. The Morgan fingerprint density at radius 3 is 2.43 bits per heavy atom. The van der Waals surface area contributed by atoms with Gasteiger partial charge in [-0.1, -0.05) is 48.9 Å². The molecule has 1 aliphatic heterocycles. The minimum atomic E-state index is -1.21. The Balaban J connectivity index is 2.17. The maximum absolute atomic E-state index is 12.1. The molecule has 1 fully saturated rings. The maximum Gasteiger partial charge on any atom is 0.328 e. The molecule has 1 heterocycles. The highest BCUT2D eigenvalue weighted by Crippen LogP contribution is 2.35. The number of hydrogen-bond acceptors (Lipinski definition) is 2. The Morgan fingerprint density at radius 2 is 1.71 bits per heavy atom. The molecule has 1 radical (unpaired) electrons. The third-order valence-electron chi connectivity index (χ3n) is 4.48. The molecule has 1 saturated heterocycles. The van der Waals surface area contributed by atoms with E-state index in [0.717, 1.165) is 42.3 Å². The highest BCUT2D eigenvalue weighted by atomic mass is 16.4. The number of carboxylic acid groups (broad SMARTS) is 1. The summed E-state index contributed by atoms with van der Waals surface area (Å²) >= 11 is 0. The van der Waals surface area contributed by atoms with E-state index < -0.39 is 11.5 Å². The van der Waals surface area contributed by atoms with E-state index in [9.17, 15) is 9.90 Å². The molecule has 3 heteroatoms. The fraction of sp³-hybridized carbons (Fsp3) is 0.333. The van der Waals surface area contributed by atoms with Crippen molar-refractivity contribution in [2.24, 2.45) is 0 Å². The Labute approximate surface area is 125 Å². The third kappa shape index (κ3) is 2.32. The molecule has 2 aromatic rings. The van der Waals surface area contributed by atoms with Gasteiger partial charge in [-0.3, -0.25) is 4.90 Å². The lowest BCUT2D eigenvalue weighted by molar-refractivity contribution is -0.149. The van der Waals surface area contributed by atoms with Crippen LogP contribution in [-0.2, 0) is 10.3 Å². The van der Waals surface area contributed by atoms with Gasteiger partial charge in [0.05, 0.1) is 0 Å². The number of piperidine rings is 1. The van der Waals surface area contributed by atoms with Crippen LogP contribution in [0.15, 0.2) is 42.5 Å². The average molecular weight is 282 g/mol. The van der Waals surface area contributed by atoms with E-state index in [0.29, 0.717) is 0 Å². The molecule has 0 saturated carbocycles. The summed E-state index contributed by atoms with van der Waals surface area (Å²) in [5, 5.41) is 11.9. The van der Waals surface area contributed by atoms with Crippen LogP contribution < -0.4 is 0 Å². The third-order valence-corrected chi connectivity index (χ3v) is 4.48. The molecule has 0 spiro atoms. The number of carbonyl (C=O) groups is 1. The predicted molar refractivity (Wildman–Crippen MR) is 84.0 cm³/mol. The fourth-order valence-electron chi connectivity index (χ4n) is 3.28. The number of rotatable bonds is 3. The van der Waals surface area contributed by atoms with Crippen LogP contribution in [0, 0.1) is 6.92 Å². The lowest BCUT2D eigenvalue weighted by Gasteiger charge is -2.41. The van der Waals surface area contributed by atoms with E-state index in [-0.39, 0.29) is 0 Å². The molecule has 0 amide bonds. The molecule has 109 valence electrons. The van der Waals surface area contributed by atoms with Crippen molar-refractivity contribution in [3.05, 3.63) is 55.0 Å². The molecule has 3 nitrogen and oxygen atoms in total. The van der Waals surface area contributed by atoms with Gasteiger partial charge in [-0.05, 0) is 49.2 Å². The summed E-state index contributed by atoms with van der Waals surface area (Å²) in [7, 11) is 0. The minimum Gasteiger partial charge on any atom is -0.480 e. The maximum atomic E-state index is 12.1. The van der Waals surface area contributed by atoms with Crippen molar-refractivity contribution in [3.63, 3.8) is 0 Å². The van der Waals surface area contributed by atoms with E-state index in [1.807, 2.05) is 47.4 Å². The van der Waals surface area contributed by atoms with Crippen molar-refractivity contribution in [2.45, 2.75) is 24.8 Å². The molecule has 1 N–H and O–H groups in total. The Morgan fingerprint density at radius 1 is 1.05 bits per heavy atom. The molecular formula is C18H20NO2. The fourth-order valence-corrected chi connectivity index (χ4v) is 3.28. The summed E-state index contributed by atoms with van der Waals surface area (Å²) in [6.45, 7) is 5.72. The second-order valence-electron chi connectivity index (χ2n) is 5.74. The van der Waals surface area contributed by atoms with Crippen molar-refractivity contribution in [1.29, 1.82) is 0 Å². The zero-order valence-electron chi connectivity index (χ0n) is 12.1. The molecular weight excluding hydrogens is 262 g/mol. The van der Waals surface area contributed by atoms with Gasteiger partial charge in [0, 0.05) is 0 Å². The molecule has 2 aromatic carbocycles. The van der Waals surface area contributed by atoms with E-state index in [1.165, 1.54) is 6.42 Å². The van der Waals surface area contributed by atoms with Gasteiger partial charge in [-0.2, -0.15) is 0 Å². The van der Waals surface area contributed by atoms with E-state index in [4.69, 9.17) is 0 Å². The van der Waals surface area contributed by atoms with Gasteiger partial charge in [0.25, 0.3) is 0 Å². The van der Waals surface area contributed by atoms with Gasteiger partial charge in [-0.15, -0.1) is 0 Å². The minimum absolute atomic E-state index is 0.787. The second kappa shape index (κ2) is 5.49. The highest BCUT2D eigenvalue weighted by Gasteiger charge is 2.42. The first-order valence-electron chi connectivity index (χ1n) is 7.46. The molecule has 0 aromatic heterocycles. The zero-order valence-corrected chi connectivity index (χ0v) is 12.1. The number of carboxylic acids is 1. The first-order chi connectivity index (χ1) is 10.1. The lowest BCUT2D eigenvalue weighted by atomic mass is 9.85. The number of benzene rings is 2. The topological polar surface area (TPSA) is 40.5 Å². The van der Waals surface area contributed by atoms with Gasteiger partial charge < -0.3 is 5.11 Å². The number of aliphatic carboxylic acids is 1. The summed E-state index contributed by atoms with van der Waals surface area (Å²) in [5.74, 6) is -0.874. The Kier molecular flexibility index (Phi) is 3.68. The smallest absolute Gasteiger partial charge is 0.328 e. The van der Waals surface area contributed by atoms with Crippen LogP contribution in [-0.4, -0.2) is 29.1 Å². The molecule has 1 unspecified atom stereocenters. The highest BCUT2D eigenvalue weighted by molar-refractivity contribution is 5.93. The van der Waals surface area contributed by atoms with Gasteiger partial charge in [0.2, 0.25) is 0 Å². The van der Waals surface area contributed by atoms with E-state index in [1.54, 1.807) is 0 Å². The molecule has 0 bridgehead atoms. The first kappa shape index (κ1) is 14.1. The van der Waals surface area contributed by atoms with Crippen molar-refractivity contribution < 1.29 is 9.90 Å². The van der Waals surface area contributed by atoms with Crippen molar-refractivity contribution >= 4 is 16.7 Å². The molecule has 3 rings (SSSR count). The van der Waals surface area contributed by atoms with Crippen LogP contribution in [0.5, 0.6) is 0 Å². The van der Waals surface area contributed by atoms with Gasteiger partial charge in [0.1, 0.15) is 5.54 Å². The Hall–Kier alpha value is -1.87. The normalized spacial score (nSPS) is 19.3. The van der Waals surface area contributed by atoms with Crippen LogP contribution >= 0.6 is 0 Å². The van der Waals surface area contributed by atoms with Crippen LogP contribution in [0.4, 0.5) is 0 Å². The summed E-state index contributed by atoms with van der Waals surface area (Å²) in [6.07, 6.45) is 3.24. The predicted octanol–water partition coefficient (Wildman–Crippen LogP) is 3.44. The molecule has 21 heavy (non-hydrogen) atoms. The molecule has 1 atom stereocenters. The zero-order chi connectivity index (χ0) is 14.9. The van der Waals surface area contributed by atoms with E-state index in [2.05, 4.69) is 6.92 Å². The van der Waals surface area contributed by atoms with Crippen molar-refractivity contribution in [2.75, 3.05) is 13.1 Å². The standard InChI is InChI=1S/C18H20NO2/c1-18(17(20)21,19-12-5-2-6-13-19)16-11-7-9-14-8-3-4-10-15(14)16/h3-4,7-11H,1-2,5-6,12-13H2,(H,20,21). The van der Waals surface area contributed by atoms with Crippen LogP contribution in [0.1, 0.15) is 24.8 Å². The number of nitrogens with zero attached hydrogens (tertiary/aromatic N) is 1.